The van der Waals surface area contributed by atoms with Gasteiger partial charge < -0.3 is 9.84 Å². The Morgan fingerprint density at radius 3 is 2.38 bits per heavy atom. The van der Waals surface area contributed by atoms with Gasteiger partial charge in [-0.15, -0.1) is 0 Å². The Morgan fingerprint density at radius 1 is 1.31 bits per heavy atom. The first-order chi connectivity index (χ1) is 7.49. The molecule has 0 radical (unpaired) electrons. The summed E-state index contributed by atoms with van der Waals surface area (Å²) < 4.78 is 5.28. The van der Waals surface area contributed by atoms with Gasteiger partial charge in [-0.1, -0.05) is 26.0 Å². The summed E-state index contributed by atoms with van der Waals surface area (Å²) >= 11 is 0. The van der Waals surface area contributed by atoms with Crippen LogP contribution in [0.4, 0.5) is 0 Å². The van der Waals surface area contributed by atoms with E-state index in [2.05, 4.69) is 0 Å². The molecule has 1 aromatic rings. The number of benzene rings is 1. The summed E-state index contributed by atoms with van der Waals surface area (Å²) in [5, 5.41) is 9.06. The number of carboxylic acids is 1. The smallest absolute Gasteiger partial charge is 0.310 e. The van der Waals surface area contributed by atoms with Gasteiger partial charge in [-0.3, -0.25) is 4.79 Å². The quantitative estimate of drug-likeness (QED) is 0.851. The van der Waals surface area contributed by atoms with Gasteiger partial charge in [0.1, 0.15) is 5.75 Å². The molecular formula is C13H18O3. The molecule has 0 saturated carbocycles. The standard InChI is InChI=1S/C13H18O3/c1-8(2)12-10(9(3)13(14)15)6-5-7-11(12)16-4/h5-9H,1-4H3,(H,14,15). The summed E-state index contributed by atoms with van der Waals surface area (Å²) in [6, 6.07) is 5.56. The molecule has 0 saturated heterocycles. The number of methoxy groups -OCH3 is 1. The summed E-state index contributed by atoms with van der Waals surface area (Å²) in [6.45, 7) is 5.77. The van der Waals surface area contributed by atoms with Gasteiger partial charge >= 0.3 is 5.97 Å². The summed E-state index contributed by atoms with van der Waals surface area (Å²) in [5.41, 5.74) is 1.82. The molecule has 0 aliphatic carbocycles. The molecule has 0 aliphatic rings. The van der Waals surface area contributed by atoms with Crippen LogP contribution < -0.4 is 4.74 Å². The third kappa shape index (κ3) is 2.35. The fourth-order valence-corrected chi connectivity index (χ4v) is 1.87. The lowest BCUT2D eigenvalue weighted by molar-refractivity contribution is -0.138. The van der Waals surface area contributed by atoms with E-state index >= 15 is 0 Å². The van der Waals surface area contributed by atoms with Crippen LogP contribution in [0.1, 0.15) is 43.7 Å². The van der Waals surface area contributed by atoms with Gasteiger partial charge in [0.2, 0.25) is 0 Å². The van der Waals surface area contributed by atoms with Gasteiger partial charge in [-0.05, 0) is 24.5 Å². The second kappa shape index (κ2) is 5.01. The summed E-state index contributed by atoms with van der Waals surface area (Å²) in [5.74, 6) is -0.309. The molecule has 0 bridgehead atoms. The zero-order valence-corrected chi connectivity index (χ0v) is 10.2. The Balaban J connectivity index is 3.32. The lowest BCUT2D eigenvalue weighted by Gasteiger charge is -2.19. The normalized spacial score (nSPS) is 12.6. The Kier molecular flexibility index (Phi) is 3.93. The van der Waals surface area contributed by atoms with Crippen molar-refractivity contribution in [1.82, 2.24) is 0 Å². The van der Waals surface area contributed by atoms with Crippen LogP contribution in [-0.2, 0) is 4.79 Å². The predicted molar refractivity (Wildman–Crippen MR) is 63.1 cm³/mol. The Hall–Kier alpha value is -1.51. The highest BCUT2D eigenvalue weighted by Gasteiger charge is 2.21. The first-order valence-corrected chi connectivity index (χ1v) is 5.38. The molecule has 1 atom stereocenters. The number of hydrogen-bond acceptors (Lipinski definition) is 2. The first kappa shape index (κ1) is 12.6. The molecule has 3 nitrogen and oxygen atoms in total. The average molecular weight is 222 g/mol. The number of ether oxygens (including phenoxy) is 1. The van der Waals surface area contributed by atoms with E-state index < -0.39 is 11.9 Å². The van der Waals surface area contributed by atoms with Crippen molar-refractivity contribution in [3.05, 3.63) is 29.3 Å². The van der Waals surface area contributed by atoms with E-state index in [1.54, 1.807) is 14.0 Å². The van der Waals surface area contributed by atoms with Crippen LogP contribution in [-0.4, -0.2) is 18.2 Å². The molecule has 16 heavy (non-hydrogen) atoms. The van der Waals surface area contributed by atoms with Crippen LogP contribution in [0.3, 0.4) is 0 Å². The topological polar surface area (TPSA) is 46.5 Å². The SMILES string of the molecule is COc1cccc(C(C)C(=O)O)c1C(C)C. The fraction of sp³-hybridized carbons (Fsp3) is 0.462. The molecule has 0 amide bonds. The van der Waals surface area contributed by atoms with E-state index in [0.717, 1.165) is 16.9 Å². The highest BCUT2D eigenvalue weighted by Crippen LogP contribution is 2.33. The van der Waals surface area contributed by atoms with E-state index in [9.17, 15) is 4.79 Å². The average Bonchev–Trinajstić information content (AvgIpc) is 2.26. The van der Waals surface area contributed by atoms with Crippen LogP contribution in [0.15, 0.2) is 18.2 Å². The molecule has 3 heteroatoms. The van der Waals surface area contributed by atoms with Gasteiger partial charge in [-0.2, -0.15) is 0 Å². The molecule has 0 heterocycles. The van der Waals surface area contributed by atoms with Crippen molar-refractivity contribution in [3.63, 3.8) is 0 Å². The van der Waals surface area contributed by atoms with Gasteiger partial charge in [0.25, 0.3) is 0 Å². The largest absolute Gasteiger partial charge is 0.496 e. The highest BCUT2D eigenvalue weighted by atomic mass is 16.5. The van der Waals surface area contributed by atoms with Crippen LogP contribution in [0.2, 0.25) is 0 Å². The van der Waals surface area contributed by atoms with Crippen molar-refractivity contribution in [1.29, 1.82) is 0 Å². The molecule has 1 rings (SSSR count). The van der Waals surface area contributed by atoms with Crippen molar-refractivity contribution in [2.24, 2.45) is 0 Å². The van der Waals surface area contributed by atoms with Crippen LogP contribution >= 0.6 is 0 Å². The van der Waals surface area contributed by atoms with Crippen molar-refractivity contribution in [3.8, 4) is 5.75 Å². The van der Waals surface area contributed by atoms with E-state index in [-0.39, 0.29) is 5.92 Å². The van der Waals surface area contributed by atoms with Gasteiger partial charge in [0, 0.05) is 5.56 Å². The lowest BCUT2D eigenvalue weighted by atomic mass is 9.89. The van der Waals surface area contributed by atoms with Crippen molar-refractivity contribution < 1.29 is 14.6 Å². The van der Waals surface area contributed by atoms with Gasteiger partial charge in [0.15, 0.2) is 0 Å². The molecule has 0 aliphatic heterocycles. The van der Waals surface area contributed by atoms with Crippen LogP contribution in [0.5, 0.6) is 5.75 Å². The first-order valence-electron chi connectivity index (χ1n) is 5.38. The molecule has 0 spiro atoms. The number of hydrogen-bond donors (Lipinski definition) is 1. The molecule has 88 valence electrons. The molecular weight excluding hydrogens is 204 g/mol. The molecule has 1 unspecified atom stereocenters. The molecule has 0 fully saturated rings. The third-order valence-corrected chi connectivity index (χ3v) is 2.73. The maximum atomic E-state index is 11.0. The molecule has 0 aromatic heterocycles. The maximum absolute atomic E-state index is 11.0. The summed E-state index contributed by atoms with van der Waals surface area (Å²) in [4.78, 5) is 11.0. The number of carbonyl (C=O) groups is 1. The second-order valence-electron chi connectivity index (χ2n) is 4.18. The van der Waals surface area contributed by atoms with Crippen molar-refractivity contribution in [2.75, 3.05) is 7.11 Å². The van der Waals surface area contributed by atoms with Crippen LogP contribution in [0, 0.1) is 0 Å². The van der Waals surface area contributed by atoms with E-state index in [4.69, 9.17) is 9.84 Å². The molecule has 1 aromatic carbocycles. The van der Waals surface area contributed by atoms with E-state index in [1.807, 2.05) is 32.0 Å². The number of carboxylic acid groups (broad SMARTS) is 1. The summed E-state index contributed by atoms with van der Waals surface area (Å²) in [7, 11) is 1.61. The predicted octanol–water partition coefficient (Wildman–Crippen LogP) is 3.01. The lowest BCUT2D eigenvalue weighted by Crippen LogP contribution is -2.11. The number of aliphatic carboxylic acids is 1. The zero-order valence-electron chi connectivity index (χ0n) is 10.2. The fourth-order valence-electron chi connectivity index (χ4n) is 1.87. The van der Waals surface area contributed by atoms with Crippen molar-refractivity contribution in [2.45, 2.75) is 32.6 Å². The Bertz CT molecular complexity index is 383. The monoisotopic (exact) mass is 222 g/mol. The minimum atomic E-state index is -0.810. The van der Waals surface area contributed by atoms with Gasteiger partial charge in [-0.25, -0.2) is 0 Å². The maximum Gasteiger partial charge on any atom is 0.310 e. The van der Waals surface area contributed by atoms with E-state index in [1.165, 1.54) is 0 Å². The zero-order chi connectivity index (χ0) is 12.3. The minimum Gasteiger partial charge on any atom is -0.496 e. The van der Waals surface area contributed by atoms with Crippen LogP contribution in [0.25, 0.3) is 0 Å². The highest BCUT2D eigenvalue weighted by molar-refractivity contribution is 5.76. The summed E-state index contributed by atoms with van der Waals surface area (Å²) in [6.07, 6.45) is 0. The Morgan fingerprint density at radius 2 is 1.94 bits per heavy atom. The molecule has 1 N–H and O–H groups in total. The number of rotatable bonds is 4. The second-order valence-corrected chi connectivity index (χ2v) is 4.18. The van der Waals surface area contributed by atoms with Gasteiger partial charge in [0.05, 0.1) is 13.0 Å². The third-order valence-electron chi connectivity index (χ3n) is 2.73. The minimum absolute atomic E-state index is 0.243. The Labute approximate surface area is 96.1 Å². The van der Waals surface area contributed by atoms with Crippen molar-refractivity contribution >= 4 is 5.97 Å². The van der Waals surface area contributed by atoms with E-state index in [0.29, 0.717) is 0 Å².